The van der Waals surface area contributed by atoms with Gasteiger partial charge in [0.05, 0.1) is 34.3 Å². The van der Waals surface area contributed by atoms with Gasteiger partial charge in [0.15, 0.2) is 5.82 Å². The van der Waals surface area contributed by atoms with Gasteiger partial charge in [0, 0.05) is 59.4 Å². The highest BCUT2D eigenvalue weighted by Crippen LogP contribution is 2.40. The monoisotopic (exact) mass is 732 g/mol. The summed E-state index contributed by atoms with van der Waals surface area (Å²) in [6.07, 6.45) is 3.88. The quantitative estimate of drug-likeness (QED) is 0.171. The zero-order chi connectivity index (χ0) is 37.0. The molecule has 0 aliphatic heterocycles. The first-order chi connectivity index (χ1) is 27.7. The Kier molecular flexibility index (Phi) is 7.64. The zero-order valence-electron chi connectivity index (χ0n) is 30.2. The van der Waals surface area contributed by atoms with E-state index in [4.69, 9.17) is 15.0 Å². The molecule has 0 atom stereocenters. The van der Waals surface area contributed by atoms with Crippen LogP contribution in [0.4, 0.5) is 0 Å². The molecule has 0 spiro atoms. The molecule has 0 amide bonds. The molecular formula is C51H32N4S. The molecule has 11 rings (SSSR count). The van der Waals surface area contributed by atoms with Crippen LogP contribution in [0.3, 0.4) is 0 Å². The van der Waals surface area contributed by atoms with Crippen molar-refractivity contribution < 1.29 is 0 Å². The molecule has 0 aliphatic rings. The van der Waals surface area contributed by atoms with E-state index in [2.05, 4.69) is 168 Å². The van der Waals surface area contributed by atoms with Crippen molar-refractivity contribution in [2.24, 2.45) is 0 Å². The number of aromatic nitrogens is 4. The lowest BCUT2D eigenvalue weighted by Crippen LogP contribution is -1.96. The van der Waals surface area contributed by atoms with E-state index in [9.17, 15) is 0 Å². The summed E-state index contributed by atoms with van der Waals surface area (Å²) < 4.78 is 4.93. The fourth-order valence-corrected chi connectivity index (χ4v) is 9.23. The van der Waals surface area contributed by atoms with Crippen LogP contribution >= 0.6 is 11.3 Å². The van der Waals surface area contributed by atoms with Crippen LogP contribution in [-0.2, 0) is 0 Å². The minimum Gasteiger partial charge on any atom is -0.308 e. The van der Waals surface area contributed by atoms with Crippen molar-refractivity contribution in [3.63, 3.8) is 0 Å². The van der Waals surface area contributed by atoms with Gasteiger partial charge in [-0.1, -0.05) is 152 Å². The van der Waals surface area contributed by atoms with E-state index in [1.54, 1.807) is 0 Å². The molecule has 4 nitrogen and oxygen atoms in total. The van der Waals surface area contributed by atoms with Gasteiger partial charge in [-0.3, -0.25) is 4.98 Å². The number of thiophene rings is 1. The van der Waals surface area contributed by atoms with Gasteiger partial charge in [-0.25, -0.2) is 9.97 Å². The van der Waals surface area contributed by atoms with E-state index >= 15 is 0 Å². The highest BCUT2D eigenvalue weighted by molar-refractivity contribution is 7.26. The second kappa shape index (κ2) is 13.3. The first-order valence-corrected chi connectivity index (χ1v) is 19.6. The van der Waals surface area contributed by atoms with Crippen molar-refractivity contribution in [1.82, 2.24) is 19.5 Å². The van der Waals surface area contributed by atoms with Gasteiger partial charge < -0.3 is 4.57 Å². The third-order valence-electron chi connectivity index (χ3n) is 10.7. The number of pyridine rings is 1. The third-order valence-corrected chi connectivity index (χ3v) is 12.0. The maximum absolute atomic E-state index is 5.10. The molecule has 0 saturated heterocycles. The Morgan fingerprint density at radius 2 is 0.964 bits per heavy atom. The third kappa shape index (κ3) is 5.48. The number of nitrogens with zero attached hydrogens (tertiary/aromatic N) is 4. The average molecular weight is 733 g/mol. The minimum atomic E-state index is 0.698. The number of hydrogen-bond acceptors (Lipinski definition) is 4. The number of hydrogen-bond donors (Lipinski definition) is 0. The molecule has 4 aromatic heterocycles. The molecule has 0 radical (unpaired) electrons. The van der Waals surface area contributed by atoms with Gasteiger partial charge in [-0.15, -0.1) is 11.3 Å². The van der Waals surface area contributed by atoms with Crippen LogP contribution in [0, 0.1) is 0 Å². The molecule has 5 heteroatoms. The molecule has 0 unspecified atom stereocenters. The summed E-state index contributed by atoms with van der Waals surface area (Å²) in [5.41, 5.74) is 12.7. The zero-order valence-corrected chi connectivity index (χ0v) is 31.0. The molecule has 11 aromatic rings. The summed E-state index contributed by atoms with van der Waals surface area (Å²) in [6.45, 7) is 0. The fraction of sp³-hybridized carbons (Fsp3) is 0. The van der Waals surface area contributed by atoms with Crippen LogP contribution in [-0.4, -0.2) is 19.5 Å². The van der Waals surface area contributed by atoms with Crippen molar-refractivity contribution in [2.75, 3.05) is 0 Å². The van der Waals surface area contributed by atoms with E-state index in [0.717, 1.165) is 44.9 Å². The van der Waals surface area contributed by atoms with Crippen molar-refractivity contribution in [1.29, 1.82) is 0 Å². The maximum Gasteiger partial charge on any atom is 0.160 e. The Bertz CT molecular complexity index is 3180. The van der Waals surface area contributed by atoms with Crippen LogP contribution in [0.1, 0.15) is 0 Å². The van der Waals surface area contributed by atoms with Crippen LogP contribution in [0.25, 0.3) is 104 Å². The van der Waals surface area contributed by atoms with E-state index in [0.29, 0.717) is 5.82 Å². The number of rotatable bonds is 6. The fourth-order valence-electron chi connectivity index (χ4n) is 8.00. The predicted octanol–water partition coefficient (Wildman–Crippen LogP) is 13.7. The first-order valence-electron chi connectivity index (χ1n) is 18.8. The van der Waals surface area contributed by atoms with E-state index in [1.165, 1.54) is 53.1 Å². The van der Waals surface area contributed by atoms with Gasteiger partial charge in [0.1, 0.15) is 0 Å². The largest absolute Gasteiger partial charge is 0.308 e. The highest BCUT2D eigenvalue weighted by atomic mass is 32.1. The lowest BCUT2D eigenvalue weighted by molar-refractivity contribution is 1.14. The van der Waals surface area contributed by atoms with E-state index < -0.39 is 0 Å². The van der Waals surface area contributed by atoms with Crippen LogP contribution in [0.2, 0.25) is 0 Å². The molecule has 0 bridgehead atoms. The molecule has 7 aromatic carbocycles. The van der Waals surface area contributed by atoms with Crippen molar-refractivity contribution in [2.45, 2.75) is 0 Å². The molecule has 56 heavy (non-hydrogen) atoms. The van der Waals surface area contributed by atoms with Crippen molar-refractivity contribution in [3.05, 3.63) is 194 Å². The molecule has 262 valence electrons. The van der Waals surface area contributed by atoms with Gasteiger partial charge in [-0.05, 0) is 47.0 Å². The van der Waals surface area contributed by atoms with Crippen LogP contribution < -0.4 is 0 Å². The first kappa shape index (κ1) is 32.2. The number of fused-ring (bicyclic) bond motifs is 6. The minimum absolute atomic E-state index is 0.698. The summed E-state index contributed by atoms with van der Waals surface area (Å²) in [6, 6.07) is 64.4. The summed E-state index contributed by atoms with van der Waals surface area (Å²) >= 11 is 1.86. The van der Waals surface area contributed by atoms with Gasteiger partial charge in [0.2, 0.25) is 0 Å². The average Bonchev–Trinajstić information content (AvgIpc) is 3.83. The second-order valence-electron chi connectivity index (χ2n) is 14.1. The topological polar surface area (TPSA) is 43.6 Å². The molecule has 0 saturated carbocycles. The molecule has 4 heterocycles. The lowest BCUT2D eigenvalue weighted by Gasteiger charge is -2.12. The van der Waals surface area contributed by atoms with Gasteiger partial charge in [0.25, 0.3) is 0 Å². The lowest BCUT2D eigenvalue weighted by atomic mass is 9.99. The summed E-state index contributed by atoms with van der Waals surface area (Å²) in [4.78, 5) is 14.9. The van der Waals surface area contributed by atoms with Gasteiger partial charge in [-0.2, -0.15) is 0 Å². The predicted molar refractivity (Wildman–Crippen MR) is 234 cm³/mol. The molecule has 0 fully saturated rings. The van der Waals surface area contributed by atoms with Crippen LogP contribution in [0.15, 0.2) is 194 Å². The Labute approximate surface area is 327 Å². The second-order valence-corrected chi connectivity index (χ2v) is 15.1. The maximum atomic E-state index is 5.10. The normalized spacial score (nSPS) is 11.6. The standard InChI is InChI=1S/C51H32N4S/c1-2-11-37(12-3-1)51-53-45(30-46(54-51)36-27-23-34(24-28-36)40-16-10-17-44-43-15-6-9-20-49(43)56-50(40)44)35-25-21-33(22-26-35)38-29-39(32-52-31-38)55-47-18-7-4-13-41(47)42-14-5-8-19-48(42)55/h1-32H. The summed E-state index contributed by atoms with van der Waals surface area (Å²) in [7, 11) is 0. The number of para-hydroxylation sites is 2. The summed E-state index contributed by atoms with van der Waals surface area (Å²) in [5, 5.41) is 5.08. The summed E-state index contributed by atoms with van der Waals surface area (Å²) in [5.74, 6) is 0.698. The van der Waals surface area contributed by atoms with Crippen molar-refractivity contribution >= 4 is 53.3 Å². The SMILES string of the molecule is c1ccc(-c2nc(-c3ccc(-c4cncc(-n5c6ccccc6c6ccccc65)c4)cc3)cc(-c3ccc(-c4cccc5c4sc4ccccc45)cc3)n2)cc1. The number of benzene rings is 7. The Morgan fingerprint density at radius 3 is 1.66 bits per heavy atom. The van der Waals surface area contributed by atoms with Gasteiger partial charge >= 0.3 is 0 Å². The highest BCUT2D eigenvalue weighted by Gasteiger charge is 2.15. The van der Waals surface area contributed by atoms with Crippen molar-refractivity contribution in [3.8, 4) is 61.8 Å². The Balaban J connectivity index is 0.955. The van der Waals surface area contributed by atoms with E-state index in [1.807, 2.05) is 41.9 Å². The van der Waals surface area contributed by atoms with Crippen LogP contribution in [0.5, 0.6) is 0 Å². The molecular weight excluding hydrogens is 701 g/mol. The molecule has 0 aliphatic carbocycles. The Hall–Kier alpha value is -7.21. The smallest absolute Gasteiger partial charge is 0.160 e. The Morgan fingerprint density at radius 1 is 0.393 bits per heavy atom. The van der Waals surface area contributed by atoms with E-state index in [-0.39, 0.29) is 0 Å². The molecule has 0 N–H and O–H groups in total.